The van der Waals surface area contributed by atoms with Gasteiger partial charge in [0.15, 0.2) is 0 Å². The second-order valence-electron chi connectivity index (χ2n) is 4.04. The van der Waals surface area contributed by atoms with Crippen molar-refractivity contribution in [2.75, 3.05) is 19.8 Å². The molecule has 0 amide bonds. The average molecular weight is 258 g/mol. The number of para-hydroxylation sites is 1. The Balaban J connectivity index is 1.75. The number of ether oxygens (including phenoxy) is 2. The molecule has 0 saturated carbocycles. The number of rotatable bonds is 7. The Morgan fingerprint density at radius 2 is 1.89 bits per heavy atom. The summed E-state index contributed by atoms with van der Waals surface area (Å²) in [5.74, 6) is 0.844. The lowest BCUT2D eigenvalue weighted by Gasteiger charge is -2.16. The van der Waals surface area contributed by atoms with E-state index >= 15 is 0 Å². The highest BCUT2D eigenvalue weighted by Crippen LogP contribution is 2.14. The molecule has 0 aliphatic rings. The minimum atomic E-state index is -0.131. The third-order valence-corrected chi connectivity index (χ3v) is 2.68. The molecule has 1 aromatic carbocycles. The van der Waals surface area contributed by atoms with E-state index < -0.39 is 0 Å². The summed E-state index contributed by atoms with van der Waals surface area (Å²) in [6.45, 7) is 1.42. The van der Waals surface area contributed by atoms with Crippen molar-refractivity contribution in [1.29, 1.82) is 0 Å². The van der Waals surface area contributed by atoms with Crippen LogP contribution in [0.4, 0.5) is 0 Å². The summed E-state index contributed by atoms with van der Waals surface area (Å²) in [4.78, 5) is 4.06. The van der Waals surface area contributed by atoms with Gasteiger partial charge in [-0.25, -0.2) is 0 Å². The smallest absolute Gasteiger partial charge is 0.119 e. The van der Waals surface area contributed by atoms with Gasteiger partial charge in [0.25, 0.3) is 0 Å². The zero-order chi connectivity index (χ0) is 13.3. The van der Waals surface area contributed by atoms with Gasteiger partial charge in [-0.05, 0) is 18.2 Å². The van der Waals surface area contributed by atoms with E-state index in [2.05, 4.69) is 4.98 Å². The van der Waals surface area contributed by atoms with Gasteiger partial charge in [0.1, 0.15) is 12.4 Å². The van der Waals surface area contributed by atoms with E-state index in [0.29, 0.717) is 19.8 Å². The minimum absolute atomic E-state index is 0.131. The summed E-state index contributed by atoms with van der Waals surface area (Å²) in [6, 6.07) is 13.5. The first-order valence-electron chi connectivity index (χ1n) is 6.29. The molecule has 0 fully saturated rings. The predicted molar refractivity (Wildman–Crippen MR) is 73.9 cm³/mol. The van der Waals surface area contributed by atoms with Crippen LogP contribution in [0.2, 0.25) is 0 Å². The average Bonchev–Trinajstić information content (AvgIpc) is 2.49. The topological polar surface area (TPSA) is 57.4 Å². The Morgan fingerprint density at radius 1 is 1.05 bits per heavy atom. The van der Waals surface area contributed by atoms with E-state index in [9.17, 15) is 0 Å². The van der Waals surface area contributed by atoms with Crippen molar-refractivity contribution in [2.24, 2.45) is 5.73 Å². The van der Waals surface area contributed by atoms with Crippen LogP contribution in [-0.4, -0.2) is 24.7 Å². The van der Waals surface area contributed by atoms with Crippen LogP contribution < -0.4 is 10.5 Å². The summed E-state index contributed by atoms with van der Waals surface area (Å²) in [7, 11) is 0. The lowest BCUT2D eigenvalue weighted by Crippen LogP contribution is -2.19. The standard InChI is InChI=1S/C15H18N2O2/c16-11-15(13-5-4-8-17-12-13)19-10-9-18-14-6-2-1-3-7-14/h1-8,12,15H,9-11,16H2. The van der Waals surface area contributed by atoms with Crippen molar-refractivity contribution in [3.63, 3.8) is 0 Å². The first-order chi connectivity index (χ1) is 9.40. The molecule has 4 nitrogen and oxygen atoms in total. The van der Waals surface area contributed by atoms with Crippen molar-refractivity contribution < 1.29 is 9.47 Å². The third-order valence-electron chi connectivity index (χ3n) is 2.68. The highest BCUT2D eigenvalue weighted by Gasteiger charge is 2.09. The van der Waals surface area contributed by atoms with E-state index in [0.717, 1.165) is 11.3 Å². The highest BCUT2D eigenvalue weighted by atomic mass is 16.5. The summed E-state index contributed by atoms with van der Waals surface area (Å²) in [6.07, 6.45) is 3.37. The van der Waals surface area contributed by atoms with Crippen LogP contribution in [0.1, 0.15) is 11.7 Å². The lowest BCUT2D eigenvalue weighted by atomic mass is 10.2. The summed E-state index contributed by atoms with van der Waals surface area (Å²) >= 11 is 0. The molecule has 0 aliphatic heterocycles. The summed E-state index contributed by atoms with van der Waals surface area (Å²) in [5, 5.41) is 0. The van der Waals surface area contributed by atoms with E-state index in [-0.39, 0.29) is 6.10 Å². The van der Waals surface area contributed by atoms with Gasteiger partial charge in [-0.15, -0.1) is 0 Å². The van der Waals surface area contributed by atoms with Crippen LogP contribution in [0, 0.1) is 0 Å². The zero-order valence-corrected chi connectivity index (χ0v) is 10.7. The fourth-order valence-corrected chi connectivity index (χ4v) is 1.73. The monoisotopic (exact) mass is 258 g/mol. The molecule has 100 valence electrons. The first kappa shape index (κ1) is 13.5. The number of nitrogens with two attached hydrogens (primary N) is 1. The number of aromatic nitrogens is 1. The molecule has 1 heterocycles. The number of hydrogen-bond acceptors (Lipinski definition) is 4. The molecule has 1 atom stereocenters. The maximum Gasteiger partial charge on any atom is 0.119 e. The van der Waals surface area contributed by atoms with E-state index in [1.165, 1.54) is 0 Å². The van der Waals surface area contributed by atoms with Gasteiger partial charge in [0, 0.05) is 24.5 Å². The fraction of sp³-hybridized carbons (Fsp3) is 0.267. The van der Waals surface area contributed by atoms with E-state index in [4.69, 9.17) is 15.2 Å². The Hall–Kier alpha value is -1.91. The van der Waals surface area contributed by atoms with Crippen molar-refractivity contribution >= 4 is 0 Å². The van der Waals surface area contributed by atoms with Crippen LogP contribution in [-0.2, 0) is 4.74 Å². The van der Waals surface area contributed by atoms with Crippen molar-refractivity contribution in [1.82, 2.24) is 4.98 Å². The zero-order valence-electron chi connectivity index (χ0n) is 10.7. The molecule has 0 radical (unpaired) electrons. The van der Waals surface area contributed by atoms with Crippen LogP contribution in [0.15, 0.2) is 54.9 Å². The second kappa shape index (κ2) is 7.51. The minimum Gasteiger partial charge on any atom is -0.491 e. The molecule has 1 unspecified atom stereocenters. The van der Waals surface area contributed by atoms with Crippen LogP contribution >= 0.6 is 0 Å². The number of hydrogen-bond donors (Lipinski definition) is 1. The van der Waals surface area contributed by atoms with Gasteiger partial charge >= 0.3 is 0 Å². The van der Waals surface area contributed by atoms with Crippen LogP contribution in [0.25, 0.3) is 0 Å². The molecule has 4 heteroatoms. The summed E-state index contributed by atoms with van der Waals surface area (Å²) < 4.78 is 11.3. The summed E-state index contributed by atoms with van der Waals surface area (Å²) in [5.41, 5.74) is 6.70. The van der Waals surface area contributed by atoms with Gasteiger partial charge in [-0.2, -0.15) is 0 Å². The fourth-order valence-electron chi connectivity index (χ4n) is 1.73. The van der Waals surface area contributed by atoms with Crippen LogP contribution in [0.3, 0.4) is 0 Å². The molecule has 0 aliphatic carbocycles. The Morgan fingerprint density at radius 3 is 2.58 bits per heavy atom. The van der Waals surface area contributed by atoms with Gasteiger partial charge in [-0.3, -0.25) is 4.98 Å². The number of nitrogens with zero attached hydrogens (tertiary/aromatic N) is 1. The van der Waals surface area contributed by atoms with Crippen molar-refractivity contribution in [2.45, 2.75) is 6.10 Å². The highest BCUT2D eigenvalue weighted by molar-refractivity contribution is 5.20. The largest absolute Gasteiger partial charge is 0.491 e. The van der Waals surface area contributed by atoms with E-state index in [1.807, 2.05) is 42.5 Å². The van der Waals surface area contributed by atoms with E-state index in [1.54, 1.807) is 12.4 Å². The molecule has 19 heavy (non-hydrogen) atoms. The maximum atomic E-state index is 5.71. The molecular formula is C15H18N2O2. The predicted octanol–water partition coefficient (Wildman–Crippen LogP) is 2.18. The quantitative estimate of drug-likeness (QED) is 0.773. The van der Waals surface area contributed by atoms with Gasteiger partial charge < -0.3 is 15.2 Å². The molecule has 2 rings (SSSR count). The normalized spacial score (nSPS) is 12.1. The molecule has 2 aromatic rings. The number of pyridine rings is 1. The Labute approximate surface area is 113 Å². The Kier molecular flexibility index (Phi) is 5.34. The van der Waals surface area contributed by atoms with Crippen molar-refractivity contribution in [3.05, 3.63) is 60.4 Å². The Bertz CT molecular complexity index is 462. The molecule has 1 aromatic heterocycles. The van der Waals surface area contributed by atoms with Crippen LogP contribution in [0.5, 0.6) is 5.75 Å². The SMILES string of the molecule is NCC(OCCOc1ccccc1)c1cccnc1. The molecule has 0 bridgehead atoms. The van der Waals surface area contributed by atoms with Crippen molar-refractivity contribution in [3.8, 4) is 5.75 Å². The lowest BCUT2D eigenvalue weighted by molar-refractivity contribution is 0.0379. The first-order valence-corrected chi connectivity index (χ1v) is 6.29. The molecule has 0 saturated heterocycles. The number of benzene rings is 1. The maximum absolute atomic E-state index is 5.71. The molecule has 0 spiro atoms. The van der Waals surface area contributed by atoms with Gasteiger partial charge in [-0.1, -0.05) is 24.3 Å². The molecular weight excluding hydrogens is 240 g/mol. The van der Waals surface area contributed by atoms with Gasteiger partial charge in [0.05, 0.1) is 12.7 Å². The van der Waals surface area contributed by atoms with Gasteiger partial charge in [0.2, 0.25) is 0 Å². The molecule has 2 N–H and O–H groups in total. The second-order valence-corrected chi connectivity index (χ2v) is 4.04. The third kappa shape index (κ3) is 4.35.